The van der Waals surface area contributed by atoms with Crippen LogP contribution >= 0.6 is 116 Å². The van der Waals surface area contributed by atoms with Crippen LogP contribution in [0.5, 0.6) is 0 Å². The molecule has 0 radical (unpaired) electrons. The summed E-state index contributed by atoms with van der Waals surface area (Å²) in [6.07, 6.45) is -0.859. The molecule has 0 saturated carbocycles. The van der Waals surface area contributed by atoms with E-state index in [9.17, 15) is 5.11 Å². The van der Waals surface area contributed by atoms with Gasteiger partial charge in [-0.2, -0.15) is 0 Å². The highest BCUT2D eigenvalue weighted by molar-refractivity contribution is 6.76. The van der Waals surface area contributed by atoms with Gasteiger partial charge in [0.15, 0.2) is 8.67 Å². The molecule has 0 aromatic heterocycles. The molecule has 0 amide bonds. The molecule has 0 aliphatic rings. The Kier molecular flexibility index (Phi) is 8.25. The maximum absolute atomic E-state index is 10.5. The summed E-state index contributed by atoms with van der Waals surface area (Å²) < 4.78 is -8.32. The van der Waals surface area contributed by atoms with E-state index in [0.717, 1.165) is 0 Å². The molecule has 138 valence electrons. The molecule has 24 heavy (non-hydrogen) atoms. The Hall–Kier alpha value is 2.08. The van der Waals surface area contributed by atoms with Crippen LogP contribution in [0, 0.1) is 0 Å². The molecule has 0 bridgehead atoms. The van der Waals surface area contributed by atoms with Crippen LogP contribution < -0.4 is 0 Å². The number of benzene rings is 1. The molecule has 1 rings (SSSR count). The third-order valence-corrected chi connectivity index (χ3v) is 8.02. The Balaban J connectivity index is 3.82. The second-order valence-electron chi connectivity index (χ2n) is 4.84. The summed E-state index contributed by atoms with van der Waals surface area (Å²) in [5, 5.41) is 10.5. The van der Waals surface area contributed by atoms with Crippen LogP contribution in [-0.2, 0) is 8.67 Å². The van der Waals surface area contributed by atoms with Gasteiger partial charge in [0, 0.05) is 0 Å². The molecule has 1 aromatic carbocycles. The number of alkyl halides is 10. The lowest BCUT2D eigenvalue weighted by Crippen LogP contribution is -2.34. The molecule has 0 saturated heterocycles. The van der Waals surface area contributed by atoms with E-state index in [1.54, 1.807) is 6.92 Å². The van der Waals surface area contributed by atoms with Crippen LogP contribution in [0.4, 0.5) is 0 Å². The maximum Gasteiger partial charge on any atom is 0.227 e. The molecule has 1 N–H and O–H groups in total. The topological polar surface area (TPSA) is 20.2 Å². The number of halogens is 10. The van der Waals surface area contributed by atoms with Crippen LogP contribution in [0.3, 0.4) is 0 Å². The summed E-state index contributed by atoms with van der Waals surface area (Å²) in [4.78, 5) is 0. The summed E-state index contributed by atoms with van der Waals surface area (Å²) in [6.45, 7) is 1.70. The lowest BCUT2D eigenvalue weighted by atomic mass is 9.91. The molecular weight excluding hydrogens is 527 g/mol. The first-order valence-corrected chi connectivity index (χ1v) is 10.1. The molecular formula is C13H10Cl10O. The summed E-state index contributed by atoms with van der Waals surface area (Å²) >= 11 is 60.3. The molecule has 1 atom stereocenters. The van der Waals surface area contributed by atoms with Gasteiger partial charge in [-0.05, 0) is 23.1 Å². The molecule has 1 nitrogen and oxygen atoms in total. The van der Waals surface area contributed by atoms with Crippen molar-refractivity contribution >= 4 is 116 Å². The van der Waals surface area contributed by atoms with Crippen LogP contribution in [0.1, 0.15) is 36.1 Å². The van der Waals surface area contributed by atoms with Crippen molar-refractivity contribution in [2.24, 2.45) is 0 Å². The SMILES string of the molecule is CCC(O)c1c(C(Cl)(Cl)C(Cl)(Cl)Cl)cccc1C(Cl)(Cl)C(Cl)(Cl)Cl. The van der Waals surface area contributed by atoms with Gasteiger partial charge in [0.05, 0.1) is 6.10 Å². The molecule has 0 spiro atoms. The minimum atomic E-state index is -2.13. The number of hydrogen-bond donors (Lipinski definition) is 1. The largest absolute Gasteiger partial charge is 0.388 e. The quantitative estimate of drug-likeness (QED) is 0.385. The fourth-order valence-electron chi connectivity index (χ4n) is 1.98. The summed E-state index contributed by atoms with van der Waals surface area (Å²) in [5.74, 6) is 0. The van der Waals surface area contributed by atoms with E-state index in [2.05, 4.69) is 0 Å². The van der Waals surface area contributed by atoms with Crippen molar-refractivity contribution in [2.75, 3.05) is 0 Å². The Morgan fingerprint density at radius 2 is 1.12 bits per heavy atom. The first-order valence-electron chi connectivity index (χ1n) is 6.30. The average molecular weight is 537 g/mol. The highest BCUT2D eigenvalue weighted by Gasteiger charge is 2.53. The van der Waals surface area contributed by atoms with Crippen molar-refractivity contribution in [3.63, 3.8) is 0 Å². The maximum atomic E-state index is 10.5. The smallest absolute Gasteiger partial charge is 0.227 e. The molecule has 0 aliphatic heterocycles. The van der Waals surface area contributed by atoms with E-state index < -0.39 is 22.4 Å². The van der Waals surface area contributed by atoms with E-state index in [0.29, 0.717) is 0 Å². The van der Waals surface area contributed by atoms with E-state index in [4.69, 9.17) is 116 Å². The van der Waals surface area contributed by atoms with Crippen molar-refractivity contribution < 1.29 is 5.11 Å². The zero-order valence-electron chi connectivity index (χ0n) is 11.7. The standard InChI is InChI=1S/C13H10Cl10O/c1-2-8(24)9-6(10(14,15)12(18,19)20)4-3-5-7(9)11(16,17)13(21,22)23/h3-5,8,24H,2H2,1H3. The Morgan fingerprint density at radius 1 is 0.792 bits per heavy atom. The fourth-order valence-corrected chi connectivity index (χ4v) is 3.25. The monoisotopic (exact) mass is 532 g/mol. The Bertz CT molecular complexity index is 543. The minimum Gasteiger partial charge on any atom is -0.388 e. The van der Waals surface area contributed by atoms with Crippen LogP contribution in [-0.4, -0.2) is 12.7 Å². The van der Waals surface area contributed by atoms with E-state index in [1.165, 1.54) is 18.2 Å². The Labute approximate surface area is 190 Å². The number of aliphatic hydroxyl groups is 1. The average Bonchev–Trinajstić information content (AvgIpc) is 2.43. The number of rotatable bonds is 4. The minimum absolute atomic E-state index is 0.0811. The van der Waals surface area contributed by atoms with Crippen LogP contribution in [0.2, 0.25) is 0 Å². The zero-order valence-corrected chi connectivity index (χ0v) is 19.3. The van der Waals surface area contributed by atoms with Gasteiger partial charge in [-0.25, -0.2) is 0 Å². The molecule has 0 fully saturated rings. The van der Waals surface area contributed by atoms with Crippen LogP contribution in [0.15, 0.2) is 18.2 Å². The summed E-state index contributed by atoms with van der Waals surface area (Å²) in [6, 6.07) is 4.41. The summed E-state index contributed by atoms with van der Waals surface area (Å²) in [7, 11) is 0. The molecule has 0 aliphatic carbocycles. The van der Waals surface area contributed by atoms with Gasteiger partial charge in [-0.15, -0.1) is 0 Å². The van der Waals surface area contributed by atoms with Gasteiger partial charge in [0.25, 0.3) is 0 Å². The van der Waals surface area contributed by atoms with Gasteiger partial charge in [-0.3, -0.25) is 0 Å². The molecule has 0 heterocycles. The third kappa shape index (κ3) is 4.73. The molecule has 1 aromatic rings. The Morgan fingerprint density at radius 3 is 1.38 bits per heavy atom. The normalized spacial score (nSPS) is 15.5. The summed E-state index contributed by atoms with van der Waals surface area (Å²) in [5.41, 5.74) is 0.280. The van der Waals surface area contributed by atoms with Crippen molar-refractivity contribution in [3.05, 3.63) is 34.9 Å². The third-order valence-electron chi connectivity index (χ3n) is 3.21. The van der Waals surface area contributed by atoms with Crippen LogP contribution in [0.25, 0.3) is 0 Å². The van der Waals surface area contributed by atoms with Crippen molar-refractivity contribution in [2.45, 2.75) is 35.7 Å². The van der Waals surface area contributed by atoms with Crippen molar-refractivity contribution in [1.82, 2.24) is 0 Å². The fraction of sp³-hybridized carbons (Fsp3) is 0.538. The second-order valence-corrected chi connectivity index (χ2v) is 12.1. The predicted octanol–water partition coefficient (Wildman–Crippen LogP) is 8.13. The highest BCUT2D eigenvalue weighted by Crippen LogP contribution is 2.58. The highest BCUT2D eigenvalue weighted by atomic mass is 35.6. The van der Waals surface area contributed by atoms with Gasteiger partial charge < -0.3 is 5.11 Å². The van der Waals surface area contributed by atoms with Crippen molar-refractivity contribution in [1.29, 1.82) is 0 Å². The lowest BCUT2D eigenvalue weighted by Gasteiger charge is -2.35. The molecule has 1 unspecified atom stereocenters. The van der Waals surface area contributed by atoms with Gasteiger partial charge >= 0.3 is 0 Å². The van der Waals surface area contributed by atoms with E-state index >= 15 is 0 Å². The first-order chi connectivity index (χ1) is 10.6. The van der Waals surface area contributed by atoms with E-state index in [-0.39, 0.29) is 23.1 Å². The zero-order chi connectivity index (χ0) is 19.1. The number of aliphatic hydroxyl groups excluding tert-OH is 1. The van der Waals surface area contributed by atoms with Gasteiger partial charge in [0.1, 0.15) is 0 Å². The van der Waals surface area contributed by atoms with Crippen molar-refractivity contribution in [3.8, 4) is 0 Å². The number of hydrogen-bond acceptors (Lipinski definition) is 1. The first kappa shape index (κ1) is 24.1. The molecule has 11 heteroatoms. The van der Waals surface area contributed by atoms with E-state index in [1.807, 2.05) is 0 Å². The van der Waals surface area contributed by atoms with Gasteiger partial charge in [0.2, 0.25) is 7.59 Å². The van der Waals surface area contributed by atoms with Gasteiger partial charge in [-0.1, -0.05) is 141 Å². The second kappa shape index (κ2) is 8.21. The lowest BCUT2D eigenvalue weighted by molar-refractivity contribution is 0.171. The predicted molar refractivity (Wildman–Crippen MR) is 109 cm³/mol.